The minimum atomic E-state index is -1.28. The highest BCUT2D eigenvalue weighted by Crippen LogP contribution is 2.12. The Morgan fingerprint density at radius 2 is 1.55 bits per heavy atom. The molecule has 0 aromatic heterocycles. The minimum Gasteiger partial charge on any atom is -0.508 e. The molecule has 0 saturated heterocycles. The smallest absolute Gasteiger partial charge is 0.326 e. The fraction of sp³-hybridized carbons (Fsp3) is 0.474. The summed E-state index contributed by atoms with van der Waals surface area (Å²) in [6.07, 6.45) is -0.308. The lowest BCUT2D eigenvalue weighted by molar-refractivity contribution is -0.142. The molecule has 1 aromatic rings. The zero-order valence-corrected chi connectivity index (χ0v) is 16.4. The van der Waals surface area contributed by atoms with Gasteiger partial charge in [0.1, 0.15) is 17.8 Å². The Hall–Kier alpha value is -3.14. The first-order valence-corrected chi connectivity index (χ1v) is 9.16. The van der Waals surface area contributed by atoms with Gasteiger partial charge in [-0.3, -0.25) is 14.4 Å². The molecule has 0 bridgehead atoms. The van der Waals surface area contributed by atoms with Crippen LogP contribution in [0.5, 0.6) is 5.75 Å². The van der Waals surface area contributed by atoms with Crippen molar-refractivity contribution in [2.45, 2.75) is 51.2 Å². The summed E-state index contributed by atoms with van der Waals surface area (Å²) in [5.41, 5.74) is 11.5. The fourth-order valence-electron chi connectivity index (χ4n) is 2.47. The van der Waals surface area contributed by atoms with Gasteiger partial charge in [-0.25, -0.2) is 4.79 Å². The summed E-state index contributed by atoms with van der Waals surface area (Å²) < 4.78 is 0. The summed E-state index contributed by atoms with van der Waals surface area (Å²) in [7, 11) is 0. The van der Waals surface area contributed by atoms with Gasteiger partial charge in [0.25, 0.3) is 0 Å². The number of carboxylic acids is 1. The zero-order chi connectivity index (χ0) is 22.1. The van der Waals surface area contributed by atoms with E-state index < -0.39 is 41.8 Å². The standard InChI is InChI=1S/C19H28N4O6/c1-10(2)16(21)18(27)22-13(7-8-15(20)25)17(26)23-14(19(28)29)9-11-3-5-12(24)6-4-11/h3-6,10,13-14,16,24H,7-9,21H2,1-2H3,(H2,20,25)(H,22,27)(H,23,26)(H,28,29)/t13-,14-,16-/m0/s1. The van der Waals surface area contributed by atoms with Gasteiger partial charge in [0, 0.05) is 12.8 Å². The van der Waals surface area contributed by atoms with Gasteiger partial charge in [-0.15, -0.1) is 0 Å². The Labute approximate surface area is 168 Å². The molecule has 8 N–H and O–H groups in total. The number of rotatable bonds is 11. The number of carboxylic acid groups (broad SMARTS) is 1. The molecule has 3 amide bonds. The number of aliphatic carboxylic acids is 1. The highest BCUT2D eigenvalue weighted by atomic mass is 16.4. The van der Waals surface area contributed by atoms with Crippen LogP contribution >= 0.6 is 0 Å². The number of phenolic OH excluding ortho intramolecular Hbond substituents is 1. The summed E-state index contributed by atoms with van der Waals surface area (Å²) >= 11 is 0. The molecule has 0 aliphatic rings. The van der Waals surface area contributed by atoms with Gasteiger partial charge in [0.2, 0.25) is 17.7 Å². The molecule has 0 spiro atoms. The second kappa shape index (κ2) is 11.0. The van der Waals surface area contributed by atoms with Crippen molar-refractivity contribution in [3.63, 3.8) is 0 Å². The number of benzene rings is 1. The number of amides is 3. The average molecular weight is 408 g/mol. The Balaban J connectivity index is 2.90. The van der Waals surface area contributed by atoms with E-state index in [0.717, 1.165) is 0 Å². The SMILES string of the molecule is CC(C)[C@H](N)C(=O)N[C@@H](CCC(N)=O)C(=O)N[C@@H](Cc1ccc(O)cc1)C(=O)O. The van der Waals surface area contributed by atoms with Crippen molar-refractivity contribution >= 4 is 23.7 Å². The maximum absolute atomic E-state index is 12.6. The number of hydrogen-bond donors (Lipinski definition) is 6. The molecular weight excluding hydrogens is 380 g/mol. The van der Waals surface area contributed by atoms with Crippen LogP contribution < -0.4 is 22.1 Å². The van der Waals surface area contributed by atoms with Gasteiger partial charge in [-0.2, -0.15) is 0 Å². The lowest BCUT2D eigenvalue weighted by atomic mass is 10.0. The number of carbonyl (C=O) groups is 4. The molecule has 0 aliphatic heterocycles. The molecule has 10 heteroatoms. The van der Waals surface area contributed by atoms with Crippen molar-refractivity contribution in [1.29, 1.82) is 0 Å². The summed E-state index contributed by atoms with van der Waals surface area (Å²) in [6.45, 7) is 3.47. The van der Waals surface area contributed by atoms with Crippen LogP contribution in [0.1, 0.15) is 32.3 Å². The highest BCUT2D eigenvalue weighted by molar-refractivity contribution is 5.92. The van der Waals surface area contributed by atoms with E-state index in [2.05, 4.69) is 10.6 Å². The van der Waals surface area contributed by atoms with Crippen LogP contribution in [0.25, 0.3) is 0 Å². The van der Waals surface area contributed by atoms with E-state index in [1.54, 1.807) is 13.8 Å². The van der Waals surface area contributed by atoms with Crippen molar-refractivity contribution in [2.75, 3.05) is 0 Å². The first-order chi connectivity index (χ1) is 13.5. The molecule has 3 atom stereocenters. The maximum Gasteiger partial charge on any atom is 0.326 e. The second-order valence-electron chi connectivity index (χ2n) is 7.11. The van der Waals surface area contributed by atoms with Crippen LogP contribution in [0.3, 0.4) is 0 Å². The van der Waals surface area contributed by atoms with E-state index in [4.69, 9.17) is 11.5 Å². The van der Waals surface area contributed by atoms with Gasteiger partial charge in [0.05, 0.1) is 6.04 Å². The van der Waals surface area contributed by atoms with Crippen LogP contribution in [-0.4, -0.2) is 52.0 Å². The number of carbonyl (C=O) groups excluding carboxylic acids is 3. The Bertz CT molecular complexity index is 735. The van der Waals surface area contributed by atoms with Crippen LogP contribution in [0.15, 0.2) is 24.3 Å². The normalized spacial score (nSPS) is 13.9. The summed E-state index contributed by atoms with van der Waals surface area (Å²) in [6, 6.07) is 2.56. The van der Waals surface area contributed by atoms with E-state index in [1.165, 1.54) is 24.3 Å². The predicted molar refractivity (Wildman–Crippen MR) is 105 cm³/mol. The van der Waals surface area contributed by atoms with E-state index >= 15 is 0 Å². The van der Waals surface area contributed by atoms with Crippen molar-refractivity contribution in [3.05, 3.63) is 29.8 Å². The number of primary amides is 1. The van der Waals surface area contributed by atoms with E-state index in [0.29, 0.717) is 5.56 Å². The third-order valence-corrected chi connectivity index (χ3v) is 4.32. The highest BCUT2D eigenvalue weighted by Gasteiger charge is 2.29. The minimum absolute atomic E-state index is 0.0281. The number of phenols is 1. The van der Waals surface area contributed by atoms with Gasteiger partial charge in [-0.1, -0.05) is 26.0 Å². The molecule has 0 heterocycles. The summed E-state index contributed by atoms with van der Waals surface area (Å²) in [4.78, 5) is 47.5. The van der Waals surface area contributed by atoms with Crippen molar-refractivity contribution < 1.29 is 29.4 Å². The molecule has 0 radical (unpaired) electrons. The van der Waals surface area contributed by atoms with Gasteiger partial charge >= 0.3 is 5.97 Å². The van der Waals surface area contributed by atoms with Crippen LogP contribution in [0, 0.1) is 5.92 Å². The van der Waals surface area contributed by atoms with Crippen molar-refractivity contribution in [1.82, 2.24) is 10.6 Å². The third-order valence-electron chi connectivity index (χ3n) is 4.32. The quantitative estimate of drug-likeness (QED) is 0.278. The van der Waals surface area contributed by atoms with Gasteiger partial charge in [0.15, 0.2) is 0 Å². The Morgan fingerprint density at radius 1 is 1.00 bits per heavy atom. The van der Waals surface area contributed by atoms with Crippen LogP contribution in [0.2, 0.25) is 0 Å². The molecular formula is C19H28N4O6. The van der Waals surface area contributed by atoms with Crippen molar-refractivity contribution in [3.8, 4) is 5.75 Å². The van der Waals surface area contributed by atoms with Gasteiger partial charge < -0.3 is 32.3 Å². The largest absolute Gasteiger partial charge is 0.508 e. The molecule has 160 valence electrons. The summed E-state index contributed by atoms with van der Waals surface area (Å²) in [5, 5.41) is 23.6. The molecule has 1 rings (SSSR count). The van der Waals surface area contributed by atoms with Crippen molar-refractivity contribution in [2.24, 2.45) is 17.4 Å². The zero-order valence-electron chi connectivity index (χ0n) is 16.4. The molecule has 29 heavy (non-hydrogen) atoms. The molecule has 0 unspecified atom stereocenters. The number of nitrogens with one attached hydrogen (secondary N) is 2. The van der Waals surface area contributed by atoms with E-state index in [1.807, 2.05) is 0 Å². The maximum atomic E-state index is 12.6. The topological polar surface area (TPSA) is 185 Å². The Kier molecular flexibility index (Phi) is 9.07. The molecule has 0 aliphatic carbocycles. The first kappa shape index (κ1) is 23.9. The lowest BCUT2D eigenvalue weighted by Crippen LogP contribution is -2.55. The fourth-order valence-corrected chi connectivity index (χ4v) is 2.47. The molecule has 0 saturated carbocycles. The second-order valence-corrected chi connectivity index (χ2v) is 7.11. The monoisotopic (exact) mass is 408 g/mol. The number of nitrogens with two attached hydrogens (primary N) is 2. The number of aromatic hydroxyl groups is 1. The average Bonchev–Trinajstić information content (AvgIpc) is 2.64. The predicted octanol–water partition coefficient (Wildman–Crippen LogP) is -0.762. The van der Waals surface area contributed by atoms with E-state index in [-0.39, 0.29) is 30.9 Å². The van der Waals surface area contributed by atoms with Gasteiger partial charge in [-0.05, 0) is 30.0 Å². The lowest BCUT2D eigenvalue weighted by Gasteiger charge is -2.23. The first-order valence-electron chi connectivity index (χ1n) is 9.16. The van der Waals surface area contributed by atoms with Crippen LogP contribution in [-0.2, 0) is 25.6 Å². The Morgan fingerprint density at radius 3 is 2.03 bits per heavy atom. The molecule has 10 nitrogen and oxygen atoms in total. The number of hydrogen-bond acceptors (Lipinski definition) is 6. The molecule has 1 aromatic carbocycles. The summed E-state index contributed by atoms with van der Waals surface area (Å²) in [5.74, 6) is -3.44. The van der Waals surface area contributed by atoms with Crippen LogP contribution in [0.4, 0.5) is 0 Å². The third kappa shape index (κ3) is 8.18. The van der Waals surface area contributed by atoms with E-state index in [9.17, 15) is 29.4 Å². The molecule has 0 fully saturated rings.